The maximum absolute atomic E-state index is 12.5. The summed E-state index contributed by atoms with van der Waals surface area (Å²) in [5.74, 6) is 1.68. The van der Waals surface area contributed by atoms with E-state index in [4.69, 9.17) is 4.74 Å². The number of aromatic nitrogens is 3. The van der Waals surface area contributed by atoms with E-state index >= 15 is 0 Å². The Morgan fingerprint density at radius 1 is 1.03 bits per heavy atom. The normalized spacial score (nSPS) is 10.5. The summed E-state index contributed by atoms with van der Waals surface area (Å²) in [6.45, 7) is 0.0802. The smallest absolute Gasteiger partial charge is 0.319 e. The largest absolute Gasteiger partial charge is 0.495 e. The maximum atomic E-state index is 12.5. The molecule has 0 unspecified atom stereocenters. The summed E-state index contributed by atoms with van der Waals surface area (Å²) in [5.41, 5.74) is 2.28. The molecule has 3 aromatic carbocycles. The van der Waals surface area contributed by atoms with E-state index in [9.17, 15) is 14.9 Å². The lowest BCUT2D eigenvalue weighted by molar-refractivity contribution is -0.384. The van der Waals surface area contributed by atoms with Crippen LogP contribution in [-0.2, 0) is 12.3 Å². The van der Waals surface area contributed by atoms with Crippen molar-refractivity contribution in [2.24, 2.45) is 0 Å². The van der Waals surface area contributed by atoms with Gasteiger partial charge in [0.25, 0.3) is 5.69 Å². The van der Waals surface area contributed by atoms with Crippen LogP contribution in [0.25, 0.3) is 5.69 Å². The van der Waals surface area contributed by atoms with Crippen molar-refractivity contribution in [3.8, 4) is 11.4 Å². The van der Waals surface area contributed by atoms with Gasteiger partial charge in [-0.15, -0.1) is 10.2 Å². The molecule has 10 nitrogen and oxygen atoms in total. The Kier molecular flexibility index (Phi) is 7.58. The summed E-state index contributed by atoms with van der Waals surface area (Å²) in [6.07, 6.45) is 0. The van der Waals surface area contributed by atoms with Crippen LogP contribution in [0.2, 0.25) is 0 Å². The summed E-state index contributed by atoms with van der Waals surface area (Å²) in [5, 5.41) is 25.8. The van der Waals surface area contributed by atoms with Gasteiger partial charge in [-0.25, -0.2) is 4.79 Å². The third kappa shape index (κ3) is 5.95. The molecule has 1 aromatic heterocycles. The Hall–Kier alpha value is -4.38. The molecule has 0 radical (unpaired) electrons. The van der Waals surface area contributed by atoms with Crippen molar-refractivity contribution in [3.05, 3.63) is 100 Å². The molecule has 0 bridgehead atoms. The number of anilines is 1. The van der Waals surface area contributed by atoms with Crippen LogP contribution in [0, 0.1) is 10.1 Å². The first-order chi connectivity index (χ1) is 17.0. The highest BCUT2D eigenvalue weighted by Gasteiger charge is 2.17. The van der Waals surface area contributed by atoms with Gasteiger partial charge in [0.1, 0.15) is 5.75 Å². The summed E-state index contributed by atoms with van der Waals surface area (Å²) >= 11 is 1.48. The second-order valence-corrected chi connectivity index (χ2v) is 8.23. The van der Waals surface area contributed by atoms with Crippen LogP contribution in [0.1, 0.15) is 11.4 Å². The second-order valence-electron chi connectivity index (χ2n) is 7.29. The maximum Gasteiger partial charge on any atom is 0.319 e. The number of thioether (sulfide) groups is 1. The number of nitro benzene ring substituents is 1. The summed E-state index contributed by atoms with van der Waals surface area (Å²) in [7, 11) is 1.53. The molecule has 178 valence electrons. The Morgan fingerprint density at radius 3 is 2.46 bits per heavy atom. The Labute approximate surface area is 205 Å². The predicted octanol–water partition coefficient (Wildman–Crippen LogP) is 4.80. The van der Waals surface area contributed by atoms with Crippen molar-refractivity contribution < 1.29 is 14.5 Å². The van der Waals surface area contributed by atoms with Gasteiger partial charge in [-0.05, 0) is 29.8 Å². The molecule has 35 heavy (non-hydrogen) atoms. The molecule has 0 aliphatic heterocycles. The summed E-state index contributed by atoms with van der Waals surface area (Å²) in [4.78, 5) is 23.1. The van der Waals surface area contributed by atoms with E-state index in [1.54, 1.807) is 34.9 Å². The number of nitrogens with zero attached hydrogens (tertiary/aromatic N) is 4. The van der Waals surface area contributed by atoms with E-state index in [1.165, 1.54) is 31.0 Å². The van der Waals surface area contributed by atoms with Crippen LogP contribution < -0.4 is 15.4 Å². The van der Waals surface area contributed by atoms with Crippen molar-refractivity contribution in [1.82, 2.24) is 20.1 Å². The van der Waals surface area contributed by atoms with Crippen molar-refractivity contribution in [1.29, 1.82) is 0 Å². The molecular formula is C24H22N6O4S. The topological polar surface area (TPSA) is 124 Å². The number of hydrogen-bond acceptors (Lipinski definition) is 7. The van der Waals surface area contributed by atoms with Gasteiger partial charge < -0.3 is 15.4 Å². The molecule has 0 spiro atoms. The fraction of sp³-hybridized carbons (Fsp3) is 0.125. The highest BCUT2D eigenvalue weighted by atomic mass is 32.2. The SMILES string of the molecule is COc1ccccc1NC(=O)NCc1nnc(SCc2ccccc2)n1-c1ccc([N+](=O)[O-])cc1. The van der Waals surface area contributed by atoms with Crippen LogP contribution in [-0.4, -0.2) is 32.8 Å². The van der Waals surface area contributed by atoms with Crippen molar-refractivity contribution in [2.75, 3.05) is 12.4 Å². The molecule has 4 aromatic rings. The number of nitrogens with one attached hydrogen (secondary N) is 2. The minimum absolute atomic E-state index is 0.0174. The zero-order chi connectivity index (χ0) is 24.6. The molecule has 0 aliphatic rings. The molecule has 4 rings (SSSR count). The number of nitro groups is 1. The summed E-state index contributed by atoms with van der Waals surface area (Å²) in [6, 6.07) is 22.7. The fourth-order valence-corrected chi connectivity index (χ4v) is 4.21. The first-order valence-electron chi connectivity index (χ1n) is 10.6. The van der Waals surface area contributed by atoms with Gasteiger partial charge in [0.05, 0.1) is 24.3 Å². The number of amides is 2. The van der Waals surface area contributed by atoms with Gasteiger partial charge in [-0.1, -0.05) is 54.2 Å². The first-order valence-corrected chi connectivity index (χ1v) is 11.6. The number of para-hydroxylation sites is 2. The van der Waals surface area contributed by atoms with Crippen LogP contribution in [0.15, 0.2) is 84.0 Å². The van der Waals surface area contributed by atoms with Crippen LogP contribution in [0.4, 0.5) is 16.2 Å². The second kappa shape index (κ2) is 11.2. The summed E-state index contributed by atoms with van der Waals surface area (Å²) < 4.78 is 7.04. The number of urea groups is 1. The number of hydrogen-bond donors (Lipinski definition) is 2. The molecule has 2 amide bonds. The molecule has 0 aliphatic carbocycles. The number of benzene rings is 3. The van der Waals surface area contributed by atoms with Gasteiger partial charge in [0.2, 0.25) is 0 Å². The predicted molar refractivity (Wildman–Crippen MR) is 133 cm³/mol. The monoisotopic (exact) mass is 490 g/mol. The van der Waals surface area contributed by atoms with Gasteiger partial charge >= 0.3 is 6.03 Å². The third-order valence-corrected chi connectivity index (χ3v) is 5.99. The zero-order valence-corrected chi connectivity index (χ0v) is 19.6. The number of rotatable bonds is 9. The van der Waals surface area contributed by atoms with Crippen LogP contribution in [0.3, 0.4) is 0 Å². The van der Waals surface area contributed by atoms with Crippen molar-refractivity contribution in [3.63, 3.8) is 0 Å². The first kappa shape index (κ1) is 23.8. The van der Waals surface area contributed by atoms with Gasteiger partial charge in [-0.3, -0.25) is 14.7 Å². The van der Waals surface area contributed by atoms with Crippen molar-refractivity contribution in [2.45, 2.75) is 17.5 Å². The van der Waals surface area contributed by atoms with Crippen molar-refractivity contribution >= 4 is 29.2 Å². The lowest BCUT2D eigenvalue weighted by atomic mass is 10.2. The molecule has 11 heteroatoms. The quantitative estimate of drug-likeness (QED) is 0.196. The molecule has 1 heterocycles. The molecule has 2 N–H and O–H groups in total. The van der Waals surface area contributed by atoms with Gasteiger partial charge in [0, 0.05) is 23.6 Å². The Morgan fingerprint density at radius 2 is 1.74 bits per heavy atom. The average molecular weight is 491 g/mol. The number of methoxy groups -OCH3 is 1. The Balaban J connectivity index is 1.54. The lowest BCUT2D eigenvalue weighted by Gasteiger charge is -2.12. The van der Waals surface area contributed by atoms with E-state index in [0.29, 0.717) is 33.9 Å². The zero-order valence-electron chi connectivity index (χ0n) is 18.7. The fourth-order valence-electron chi connectivity index (χ4n) is 3.29. The van der Waals surface area contributed by atoms with E-state index in [2.05, 4.69) is 20.8 Å². The minimum atomic E-state index is -0.453. The van der Waals surface area contributed by atoms with E-state index in [-0.39, 0.29) is 12.2 Å². The number of carbonyl (C=O) groups is 1. The highest BCUT2D eigenvalue weighted by molar-refractivity contribution is 7.98. The minimum Gasteiger partial charge on any atom is -0.495 e. The van der Waals surface area contributed by atoms with Gasteiger partial charge in [0.15, 0.2) is 11.0 Å². The molecular weight excluding hydrogens is 468 g/mol. The van der Waals surface area contributed by atoms with E-state index in [0.717, 1.165) is 5.56 Å². The average Bonchev–Trinajstić information content (AvgIpc) is 3.30. The van der Waals surface area contributed by atoms with Gasteiger partial charge in [-0.2, -0.15) is 0 Å². The lowest BCUT2D eigenvalue weighted by Crippen LogP contribution is -2.29. The Bertz CT molecular complexity index is 1310. The molecule has 0 saturated carbocycles. The number of carbonyl (C=O) groups excluding carboxylic acids is 1. The highest BCUT2D eigenvalue weighted by Crippen LogP contribution is 2.27. The number of non-ortho nitro benzene ring substituents is 1. The number of ether oxygens (including phenoxy) is 1. The van der Waals surface area contributed by atoms with Crippen LogP contribution in [0.5, 0.6) is 5.75 Å². The molecule has 0 atom stereocenters. The van der Waals surface area contributed by atoms with E-state index in [1.807, 2.05) is 36.4 Å². The molecule has 0 fully saturated rings. The standard InChI is InChI=1S/C24H22N6O4S/c1-34-21-10-6-5-9-20(21)26-23(31)25-15-22-27-28-24(35-16-17-7-3-2-4-8-17)29(22)18-11-13-19(14-12-18)30(32)33/h2-14H,15-16H2,1H3,(H2,25,26,31). The molecule has 0 saturated heterocycles. The van der Waals surface area contributed by atoms with Crippen LogP contribution >= 0.6 is 11.8 Å². The van der Waals surface area contributed by atoms with E-state index < -0.39 is 11.0 Å². The third-order valence-electron chi connectivity index (χ3n) is 4.99.